The Morgan fingerprint density at radius 2 is 1.65 bits per heavy atom. The molecule has 3 nitrogen and oxygen atoms in total. The van der Waals surface area contributed by atoms with Crippen LogP contribution in [-0.2, 0) is 10.2 Å². The van der Waals surface area contributed by atoms with Crippen LogP contribution in [0.2, 0.25) is 0 Å². The van der Waals surface area contributed by atoms with E-state index in [9.17, 15) is 4.79 Å². The molecule has 0 saturated heterocycles. The Labute approximate surface area is 118 Å². The zero-order valence-electron chi connectivity index (χ0n) is 11.3. The van der Waals surface area contributed by atoms with Gasteiger partial charge in [0.1, 0.15) is 0 Å². The number of rotatable bonds is 3. The molecular formula is C17H18N2O. The SMILES string of the molecule is Nc1ccc(NC(=O)C2(c3ccccc3)CCC2)cc1. The van der Waals surface area contributed by atoms with Gasteiger partial charge in [-0.1, -0.05) is 36.8 Å². The van der Waals surface area contributed by atoms with E-state index >= 15 is 0 Å². The summed E-state index contributed by atoms with van der Waals surface area (Å²) in [4.78, 5) is 12.7. The Bertz CT molecular complexity index is 601. The number of carbonyl (C=O) groups is 1. The third kappa shape index (κ3) is 2.16. The van der Waals surface area contributed by atoms with Crippen molar-refractivity contribution in [3.05, 3.63) is 60.2 Å². The maximum Gasteiger partial charge on any atom is 0.235 e. The third-order valence-electron chi connectivity index (χ3n) is 4.14. The minimum absolute atomic E-state index is 0.0831. The molecule has 2 aromatic rings. The molecule has 20 heavy (non-hydrogen) atoms. The summed E-state index contributed by atoms with van der Waals surface area (Å²) in [6.45, 7) is 0. The second-order valence-electron chi connectivity index (χ2n) is 5.38. The van der Waals surface area contributed by atoms with Crippen molar-refractivity contribution in [2.75, 3.05) is 11.1 Å². The molecule has 102 valence electrons. The van der Waals surface area contributed by atoms with Gasteiger partial charge in [-0.2, -0.15) is 0 Å². The van der Waals surface area contributed by atoms with Crippen LogP contribution in [-0.4, -0.2) is 5.91 Å². The van der Waals surface area contributed by atoms with Crippen LogP contribution in [0.3, 0.4) is 0 Å². The Kier molecular flexibility index (Phi) is 3.18. The predicted octanol–water partition coefficient (Wildman–Crippen LogP) is 3.33. The van der Waals surface area contributed by atoms with Gasteiger partial charge in [-0.25, -0.2) is 0 Å². The summed E-state index contributed by atoms with van der Waals surface area (Å²) in [5.41, 5.74) is 7.91. The molecule has 1 saturated carbocycles. The van der Waals surface area contributed by atoms with Crippen LogP contribution in [0.5, 0.6) is 0 Å². The summed E-state index contributed by atoms with van der Waals surface area (Å²) < 4.78 is 0. The minimum Gasteiger partial charge on any atom is -0.399 e. The number of carbonyl (C=O) groups excluding carboxylic acids is 1. The van der Waals surface area contributed by atoms with E-state index in [1.807, 2.05) is 42.5 Å². The predicted molar refractivity (Wildman–Crippen MR) is 81.5 cm³/mol. The zero-order valence-corrected chi connectivity index (χ0v) is 11.3. The second kappa shape index (κ2) is 5.00. The summed E-state index contributed by atoms with van der Waals surface area (Å²) in [5, 5.41) is 3.02. The van der Waals surface area contributed by atoms with E-state index in [-0.39, 0.29) is 11.3 Å². The first-order valence-electron chi connectivity index (χ1n) is 6.93. The molecule has 1 amide bonds. The molecule has 0 atom stereocenters. The lowest BCUT2D eigenvalue weighted by Crippen LogP contribution is -2.45. The maximum atomic E-state index is 12.7. The highest BCUT2D eigenvalue weighted by atomic mass is 16.2. The molecule has 0 heterocycles. The van der Waals surface area contributed by atoms with Gasteiger partial charge < -0.3 is 11.1 Å². The first-order valence-corrected chi connectivity index (χ1v) is 6.93. The number of hydrogen-bond donors (Lipinski definition) is 2. The lowest BCUT2D eigenvalue weighted by Gasteiger charge is -2.40. The van der Waals surface area contributed by atoms with Crippen LogP contribution in [0.4, 0.5) is 11.4 Å². The summed E-state index contributed by atoms with van der Waals surface area (Å²) >= 11 is 0. The number of anilines is 2. The van der Waals surface area contributed by atoms with Crippen molar-refractivity contribution in [1.29, 1.82) is 0 Å². The van der Waals surface area contributed by atoms with Gasteiger partial charge in [0.25, 0.3) is 0 Å². The summed E-state index contributed by atoms with van der Waals surface area (Å²) in [5.74, 6) is 0.0831. The fourth-order valence-electron chi connectivity index (χ4n) is 2.75. The zero-order chi connectivity index (χ0) is 14.0. The lowest BCUT2D eigenvalue weighted by molar-refractivity contribution is -0.124. The van der Waals surface area contributed by atoms with Crippen molar-refractivity contribution < 1.29 is 4.79 Å². The number of nitrogens with one attached hydrogen (secondary N) is 1. The molecule has 1 aliphatic carbocycles. The van der Waals surface area contributed by atoms with E-state index in [1.165, 1.54) is 0 Å². The second-order valence-corrected chi connectivity index (χ2v) is 5.38. The fourth-order valence-corrected chi connectivity index (χ4v) is 2.75. The van der Waals surface area contributed by atoms with E-state index < -0.39 is 0 Å². The van der Waals surface area contributed by atoms with E-state index in [0.29, 0.717) is 5.69 Å². The number of nitrogens with two attached hydrogens (primary N) is 1. The highest BCUT2D eigenvalue weighted by Crippen LogP contribution is 2.44. The summed E-state index contributed by atoms with van der Waals surface area (Å²) in [6.07, 6.45) is 2.93. The topological polar surface area (TPSA) is 55.1 Å². The third-order valence-corrected chi connectivity index (χ3v) is 4.14. The molecule has 3 rings (SSSR count). The standard InChI is InChI=1S/C17H18N2O/c18-14-7-9-15(10-8-14)19-16(20)17(11-4-12-17)13-5-2-1-3-6-13/h1-3,5-10H,4,11-12,18H2,(H,19,20). The molecule has 0 unspecified atom stereocenters. The Morgan fingerprint density at radius 3 is 2.20 bits per heavy atom. The maximum absolute atomic E-state index is 12.7. The molecule has 0 aromatic heterocycles. The van der Waals surface area contributed by atoms with Crippen molar-refractivity contribution in [2.24, 2.45) is 0 Å². The van der Waals surface area contributed by atoms with Gasteiger partial charge in [0, 0.05) is 11.4 Å². The van der Waals surface area contributed by atoms with Gasteiger partial charge in [0.05, 0.1) is 5.41 Å². The first kappa shape index (κ1) is 12.7. The van der Waals surface area contributed by atoms with Crippen molar-refractivity contribution in [1.82, 2.24) is 0 Å². The molecule has 3 N–H and O–H groups in total. The number of amides is 1. The molecule has 2 aromatic carbocycles. The molecule has 3 heteroatoms. The largest absolute Gasteiger partial charge is 0.399 e. The molecule has 0 aliphatic heterocycles. The van der Waals surface area contributed by atoms with E-state index in [0.717, 1.165) is 30.5 Å². The van der Waals surface area contributed by atoms with E-state index in [2.05, 4.69) is 5.32 Å². The molecule has 1 fully saturated rings. The van der Waals surface area contributed by atoms with Gasteiger partial charge in [-0.3, -0.25) is 4.79 Å². The summed E-state index contributed by atoms with van der Waals surface area (Å²) in [7, 11) is 0. The van der Waals surface area contributed by atoms with Crippen molar-refractivity contribution in [3.63, 3.8) is 0 Å². The Hall–Kier alpha value is -2.29. The monoisotopic (exact) mass is 266 g/mol. The van der Waals surface area contributed by atoms with Crippen LogP contribution >= 0.6 is 0 Å². The van der Waals surface area contributed by atoms with Crippen LogP contribution in [0.25, 0.3) is 0 Å². The quantitative estimate of drug-likeness (QED) is 0.837. The van der Waals surface area contributed by atoms with Crippen molar-refractivity contribution in [2.45, 2.75) is 24.7 Å². The van der Waals surface area contributed by atoms with Gasteiger partial charge in [-0.05, 0) is 42.7 Å². The van der Waals surface area contributed by atoms with Gasteiger partial charge in [0.2, 0.25) is 5.91 Å². The van der Waals surface area contributed by atoms with Crippen molar-refractivity contribution in [3.8, 4) is 0 Å². The van der Waals surface area contributed by atoms with Gasteiger partial charge in [-0.15, -0.1) is 0 Å². The Balaban J connectivity index is 1.83. The summed E-state index contributed by atoms with van der Waals surface area (Å²) in [6, 6.07) is 17.3. The average Bonchev–Trinajstić information content (AvgIpc) is 2.41. The first-order chi connectivity index (χ1) is 9.71. The number of nitrogen functional groups attached to an aromatic ring is 1. The number of hydrogen-bond acceptors (Lipinski definition) is 2. The fraction of sp³-hybridized carbons (Fsp3) is 0.235. The molecule has 1 aliphatic rings. The number of benzene rings is 2. The highest BCUT2D eigenvalue weighted by Gasteiger charge is 2.45. The minimum atomic E-state index is -0.358. The van der Waals surface area contributed by atoms with Crippen molar-refractivity contribution >= 4 is 17.3 Å². The smallest absolute Gasteiger partial charge is 0.235 e. The van der Waals surface area contributed by atoms with Crippen LogP contribution in [0.15, 0.2) is 54.6 Å². The van der Waals surface area contributed by atoms with Crippen LogP contribution < -0.4 is 11.1 Å². The average molecular weight is 266 g/mol. The van der Waals surface area contributed by atoms with Crippen LogP contribution in [0.1, 0.15) is 24.8 Å². The van der Waals surface area contributed by atoms with Gasteiger partial charge >= 0.3 is 0 Å². The molecule has 0 spiro atoms. The van der Waals surface area contributed by atoms with E-state index in [4.69, 9.17) is 5.73 Å². The van der Waals surface area contributed by atoms with Gasteiger partial charge in [0.15, 0.2) is 0 Å². The normalized spacial score (nSPS) is 16.2. The molecule has 0 bridgehead atoms. The Morgan fingerprint density at radius 1 is 1.00 bits per heavy atom. The van der Waals surface area contributed by atoms with Crippen LogP contribution in [0, 0.1) is 0 Å². The lowest BCUT2D eigenvalue weighted by atomic mass is 9.64. The molecule has 0 radical (unpaired) electrons. The highest BCUT2D eigenvalue weighted by molar-refractivity contribution is 6.00. The molecular weight excluding hydrogens is 248 g/mol. The van der Waals surface area contributed by atoms with E-state index in [1.54, 1.807) is 12.1 Å².